The molecule has 0 aromatic heterocycles. The molecule has 2 aliphatic rings. The van der Waals surface area contributed by atoms with Crippen molar-refractivity contribution in [2.45, 2.75) is 52.0 Å². The van der Waals surface area contributed by atoms with Crippen LogP contribution in [-0.4, -0.2) is 37.6 Å². The van der Waals surface area contributed by atoms with Crippen LogP contribution < -0.4 is 5.32 Å². The number of likely N-dealkylation sites (tertiary alicyclic amines) is 1. The van der Waals surface area contributed by atoms with Crippen LogP contribution in [0.3, 0.4) is 0 Å². The van der Waals surface area contributed by atoms with Crippen LogP contribution in [0.15, 0.2) is 0 Å². The maximum atomic E-state index is 3.86. The van der Waals surface area contributed by atoms with Crippen LogP contribution in [0.2, 0.25) is 0 Å². The molecular weight excluding hydrogens is 208 g/mol. The zero-order valence-electron chi connectivity index (χ0n) is 11.9. The Bertz CT molecular complexity index is 229. The van der Waals surface area contributed by atoms with Gasteiger partial charge in [-0.1, -0.05) is 13.8 Å². The van der Waals surface area contributed by atoms with Gasteiger partial charge in [0.05, 0.1) is 0 Å². The Labute approximate surface area is 107 Å². The second-order valence-electron chi connectivity index (χ2n) is 6.68. The maximum Gasteiger partial charge on any atom is 0.00930 e. The van der Waals surface area contributed by atoms with Gasteiger partial charge in [0, 0.05) is 12.6 Å². The first-order valence-electron chi connectivity index (χ1n) is 7.57. The molecule has 1 heterocycles. The van der Waals surface area contributed by atoms with Crippen LogP contribution in [0, 0.1) is 17.8 Å². The maximum absolute atomic E-state index is 3.86. The second kappa shape index (κ2) is 6.19. The molecule has 0 radical (unpaired) electrons. The van der Waals surface area contributed by atoms with Gasteiger partial charge in [0.1, 0.15) is 0 Å². The van der Waals surface area contributed by atoms with Crippen molar-refractivity contribution in [2.75, 3.05) is 26.7 Å². The van der Waals surface area contributed by atoms with Gasteiger partial charge in [0.15, 0.2) is 0 Å². The van der Waals surface area contributed by atoms with E-state index >= 15 is 0 Å². The molecule has 2 rings (SSSR count). The van der Waals surface area contributed by atoms with Crippen LogP contribution in [0.1, 0.15) is 46.0 Å². The summed E-state index contributed by atoms with van der Waals surface area (Å²) in [5, 5.41) is 3.86. The van der Waals surface area contributed by atoms with Crippen molar-refractivity contribution in [1.29, 1.82) is 0 Å². The summed E-state index contributed by atoms with van der Waals surface area (Å²) in [5.41, 5.74) is 0. The third-order valence-electron chi connectivity index (χ3n) is 4.82. The second-order valence-corrected chi connectivity index (χ2v) is 6.68. The monoisotopic (exact) mass is 238 g/mol. The molecule has 0 bridgehead atoms. The predicted octanol–water partition coefficient (Wildman–Crippen LogP) is 2.74. The zero-order valence-corrected chi connectivity index (χ0v) is 11.9. The van der Waals surface area contributed by atoms with E-state index in [4.69, 9.17) is 0 Å². The number of hydrogen-bond acceptors (Lipinski definition) is 2. The Morgan fingerprint density at radius 2 is 2.00 bits per heavy atom. The average molecular weight is 238 g/mol. The van der Waals surface area contributed by atoms with E-state index in [0.717, 1.165) is 23.8 Å². The molecule has 2 nitrogen and oxygen atoms in total. The highest BCUT2D eigenvalue weighted by Gasteiger charge is 2.26. The Hall–Kier alpha value is -0.0800. The molecule has 100 valence electrons. The summed E-state index contributed by atoms with van der Waals surface area (Å²) in [5.74, 6) is 2.71. The Kier molecular flexibility index (Phi) is 4.87. The van der Waals surface area contributed by atoms with Crippen molar-refractivity contribution in [3.63, 3.8) is 0 Å². The molecular formula is C15H30N2. The fourth-order valence-corrected chi connectivity index (χ4v) is 3.73. The third-order valence-corrected chi connectivity index (χ3v) is 4.82. The molecule has 0 aromatic carbocycles. The summed E-state index contributed by atoms with van der Waals surface area (Å²) in [6, 6.07) is 0.790. The SMILES string of the molecule is CC1CCC(NCC2CCCN(C)C2)C(C)C1. The van der Waals surface area contributed by atoms with Gasteiger partial charge in [0.25, 0.3) is 0 Å². The standard InChI is InChI=1S/C15H30N2/c1-12-6-7-15(13(2)9-12)16-10-14-5-4-8-17(3)11-14/h12-16H,4-11H2,1-3H3. The van der Waals surface area contributed by atoms with Gasteiger partial charge in [-0.3, -0.25) is 0 Å². The largest absolute Gasteiger partial charge is 0.313 e. The lowest BCUT2D eigenvalue weighted by Gasteiger charge is -2.36. The van der Waals surface area contributed by atoms with Crippen molar-refractivity contribution in [2.24, 2.45) is 17.8 Å². The minimum Gasteiger partial charge on any atom is -0.313 e. The summed E-state index contributed by atoms with van der Waals surface area (Å²) >= 11 is 0. The van der Waals surface area contributed by atoms with E-state index in [1.54, 1.807) is 0 Å². The molecule has 1 aliphatic heterocycles. The van der Waals surface area contributed by atoms with E-state index in [-0.39, 0.29) is 0 Å². The number of nitrogens with zero attached hydrogens (tertiary/aromatic N) is 1. The van der Waals surface area contributed by atoms with E-state index in [9.17, 15) is 0 Å². The van der Waals surface area contributed by atoms with Gasteiger partial charge in [-0.15, -0.1) is 0 Å². The van der Waals surface area contributed by atoms with Crippen molar-refractivity contribution in [3.05, 3.63) is 0 Å². The van der Waals surface area contributed by atoms with Gasteiger partial charge >= 0.3 is 0 Å². The van der Waals surface area contributed by atoms with E-state index in [0.29, 0.717) is 0 Å². The van der Waals surface area contributed by atoms with Gasteiger partial charge in [-0.25, -0.2) is 0 Å². The molecule has 0 amide bonds. The van der Waals surface area contributed by atoms with Crippen molar-refractivity contribution in [3.8, 4) is 0 Å². The van der Waals surface area contributed by atoms with Crippen molar-refractivity contribution < 1.29 is 0 Å². The normalized spacial score (nSPS) is 40.4. The van der Waals surface area contributed by atoms with E-state index in [1.807, 2.05) is 0 Å². The highest BCUT2D eigenvalue weighted by Crippen LogP contribution is 2.28. The molecule has 1 saturated heterocycles. The van der Waals surface area contributed by atoms with Gasteiger partial charge in [-0.2, -0.15) is 0 Å². The molecule has 2 fully saturated rings. The van der Waals surface area contributed by atoms with Gasteiger partial charge in [-0.05, 0) is 70.0 Å². The lowest BCUT2D eigenvalue weighted by Crippen LogP contribution is -2.44. The summed E-state index contributed by atoms with van der Waals surface area (Å²) in [6.07, 6.45) is 7.05. The van der Waals surface area contributed by atoms with E-state index in [1.165, 1.54) is 51.7 Å². The summed E-state index contributed by atoms with van der Waals surface area (Å²) in [6.45, 7) is 8.68. The highest BCUT2D eigenvalue weighted by molar-refractivity contribution is 4.82. The van der Waals surface area contributed by atoms with E-state index in [2.05, 4.69) is 31.1 Å². The summed E-state index contributed by atoms with van der Waals surface area (Å²) in [7, 11) is 2.26. The number of rotatable bonds is 3. The molecule has 17 heavy (non-hydrogen) atoms. The van der Waals surface area contributed by atoms with Crippen LogP contribution in [0.5, 0.6) is 0 Å². The van der Waals surface area contributed by atoms with Crippen LogP contribution in [0.4, 0.5) is 0 Å². The Balaban J connectivity index is 1.70. The van der Waals surface area contributed by atoms with Crippen LogP contribution in [0.25, 0.3) is 0 Å². The number of hydrogen-bond donors (Lipinski definition) is 1. The molecule has 0 aromatic rings. The predicted molar refractivity (Wildman–Crippen MR) is 74.2 cm³/mol. The molecule has 2 heteroatoms. The fraction of sp³-hybridized carbons (Fsp3) is 1.00. The highest BCUT2D eigenvalue weighted by atomic mass is 15.1. The Morgan fingerprint density at radius 1 is 1.18 bits per heavy atom. The quantitative estimate of drug-likeness (QED) is 0.813. The lowest BCUT2D eigenvalue weighted by atomic mass is 9.79. The zero-order chi connectivity index (χ0) is 12.3. The minimum atomic E-state index is 0.790. The molecule has 1 saturated carbocycles. The molecule has 4 unspecified atom stereocenters. The smallest absolute Gasteiger partial charge is 0.00930 e. The fourth-order valence-electron chi connectivity index (χ4n) is 3.73. The number of piperidine rings is 1. The number of nitrogens with one attached hydrogen (secondary N) is 1. The van der Waals surface area contributed by atoms with Crippen LogP contribution in [-0.2, 0) is 0 Å². The van der Waals surface area contributed by atoms with Crippen LogP contribution >= 0.6 is 0 Å². The van der Waals surface area contributed by atoms with Crippen molar-refractivity contribution >= 4 is 0 Å². The molecule has 4 atom stereocenters. The first-order valence-corrected chi connectivity index (χ1v) is 7.57. The van der Waals surface area contributed by atoms with Gasteiger partial charge < -0.3 is 10.2 Å². The average Bonchev–Trinajstić information content (AvgIpc) is 2.28. The third kappa shape index (κ3) is 3.96. The molecule has 0 spiro atoms. The minimum absolute atomic E-state index is 0.790. The first-order chi connectivity index (χ1) is 8.15. The van der Waals surface area contributed by atoms with Gasteiger partial charge in [0.2, 0.25) is 0 Å². The molecule has 1 aliphatic carbocycles. The Morgan fingerprint density at radius 3 is 2.71 bits per heavy atom. The summed E-state index contributed by atoms with van der Waals surface area (Å²) in [4.78, 5) is 2.49. The molecule has 1 N–H and O–H groups in total. The topological polar surface area (TPSA) is 15.3 Å². The first kappa shape index (κ1) is 13.4. The van der Waals surface area contributed by atoms with Crippen molar-refractivity contribution in [1.82, 2.24) is 10.2 Å². The summed E-state index contributed by atoms with van der Waals surface area (Å²) < 4.78 is 0. The lowest BCUT2D eigenvalue weighted by molar-refractivity contribution is 0.180. The van der Waals surface area contributed by atoms with E-state index < -0.39 is 0 Å².